The van der Waals surface area contributed by atoms with E-state index in [9.17, 15) is 9.59 Å². The molecule has 0 saturated carbocycles. The molecule has 0 unspecified atom stereocenters. The molecule has 0 spiro atoms. The molecule has 0 saturated heterocycles. The van der Waals surface area contributed by atoms with Crippen LogP contribution in [0.1, 0.15) is 23.0 Å². The van der Waals surface area contributed by atoms with Gasteiger partial charge in [0.25, 0.3) is 0 Å². The molecule has 0 radical (unpaired) electrons. The molecule has 1 aromatic rings. The van der Waals surface area contributed by atoms with Crippen molar-refractivity contribution in [2.24, 2.45) is 0 Å². The van der Waals surface area contributed by atoms with Gasteiger partial charge < -0.3 is 9.80 Å². The van der Waals surface area contributed by atoms with Gasteiger partial charge in [-0.15, -0.1) is 0 Å². The van der Waals surface area contributed by atoms with Crippen molar-refractivity contribution in [2.45, 2.75) is 11.8 Å². The van der Waals surface area contributed by atoms with E-state index in [4.69, 9.17) is 0 Å². The quantitative estimate of drug-likeness (QED) is 0.782. The van der Waals surface area contributed by atoms with E-state index < -0.39 is 0 Å². The van der Waals surface area contributed by atoms with Crippen LogP contribution in [0.3, 0.4) is 0 Å². The molecular formula is C18H20N2O2. The normalized spacial score (nSPS) is 25.0. The Morgan fingerprint density at radius 2 is 1.23 bits per heavy atom. The molecule has 2 atom stereocenters. The molecule has 22 heavy (non-hydrogen) atoms. The van der Waals surface area contributed by atoms with Crippen LogP contribution in [0.2, 0.25) is 0 Å². The van der Waals surface area contributed by atoms with Crippen LogP contribution in [-0.4, -0.2) is 48.8 Å². The van der Waals surface area contributed by atoms with E-state index in [-0.39, 0.29) is 23.7 Å². The van der Waals surface area contributed by atoms with Gasteiger partial charge in [-0.05, 0) is 11.1 Å². The molecule has 3 rings (SSSR count). The van der Waals surface area contributed by atoms with Gasteiger partial charge >= 0.3 is 0 Å². The van der Waals surface area contributed by atoms with Crippen LogP contribution < -0.4 is 0 Å². The summed E-state index contributed by atoms with van der Waals surface area (Å²) in [7, 11) is 3.61. The fraction of sp³-hybridized carbons (Fsp3) is 0.333. The van der Waals surface area contributed by atoms with Crippen molar-refractivity contribution in [3.8, 4) is 0 Å². The molecule has 1 aromatic carbocycles. The van der Waals surface area contributed by atoms with Crippen LogP contribution in [0.5, 0.6) is 0 Å². The van der Waals surface area contributed by atoms with E-state index >= 15 is 0 Å². The highest BCUT2D eigenvalue weighted by atomic mass is 16.2. The minimum Gasteiger partial charge on any atom is -0.341 e. The fourth-order valence-corrected chi connectivity index (χ4v) is 3.08. The van der Waals surface area contributed by atoms with Crippen molar-refractivity contribution in [1.82, 2.24) is 9.80 Å². The molecule has 0 aromatic heterocycles. The molecule has 4 heteroatoms. The lowest BCUT2D eigenvalue weighted by molar-refractivity contribution is -0.131. The van der Waals surface area contributed by atoms with E-state index in [0.717, 1.165) is 11.1 Å². The van der Waals surface area contributed by atoms with E-state index in [1.54, 1.807) is 23.9 Å². The third-order valence-corrected chi connectivity index (χ3v) is 4.37. The maximum atomic E-state index is 12.5. The van der Waals surface area contributed by atoms with Crippen molar-refractivity contribution in [3.63, 3.8) is 0 Å². The zero-order valence-electron chi connectivity index (χ0n) is 12.9. The largest absolute Gasteiger partial charge is 0.341 e. The SMILES string of the molecule is CN1CC=C[C@@H](c2ccccc2[C@@H]2C=CCN(C)C2=O)C1=O. The van der Waals surface area contributed by atoms with Gasteiger partial charge in [0.15, 0.2) is 0 Å². The summed E-state index contributed by atoms with van der Waals surface area (Å²) in [6.07, 6.45) is 7.91. The molecule has 2 aliphatic rings. The van der Waals surface area contributed by atoms with Gasteiger partial charge in [-0.3, -0.25) is 9.59 Å². The number of hydrogen-bond donors (Lipinski definition) is 0. The van der Waals surface area contributed by atoms with Crippen LogP contribution in [0.15, 0.2) is 48.6 Å². The van der Waals surface area contributed by atoms with Crippen LogP contribution in [0.25, 0.3) is 0 Å². The van der Waals surface area contributed by atoms with Crippen LogP contribution in [0.4, 0.5) is 0 Å². The summed E-state index contributed by atoms with van der Waals surface area (Å²) in [5.41, 5.74) is 1.85. The molecule has 0 N–H and O–H groups in total. The number of amides is 2. The maximum Gasteiger partial charge on any atom is 0.233 e. The molecule has 4 nitrogen and oxygen atoms in total. The Labute approximate surface area is 130 Å². The van der Waals surface area contributed by atoms with Gasteiger partial charge in [0, 0.05) is 27.2 Å². The van der Waals surface area contributed by atoms with E-state index in [0.29, 0.717) is 13.1 Å². The standard InChI is InChI=1S/C18H20N2O2/c1-19-11-5-9-15(17(19)21)13-7-3-4-8-14(13)16-10-6-12-20(2)18(16)22/h3-10,15-16H,11-12H2,1-2H3/t15-,16-/m0/s1. The number of likely N-dealkylation sites (N-methyl/N-ethyl adjacent to an activating group) is 2. The molecule has 2 aliphatic heterocycles. The lowest BCUT2D eigenvalue weighted by Crippen LogP contribution is -2.36. The lowest BCUT2D eigenvalue weighted by atomic mass is 9.84. The molecule has 0 aliphatic carbocycles. The Hall–Kier alpha value is -2.36. The first-order valence-electron chi connectivity index (χ1n) is 7.51. The highest BCUT2D eigenvalue weighted by molar-refractivity contribution is 5.90. The average molecular weight is 296 g/mol. The van der Waals surface area contributed by atoms with Gasteiger partial charge in [-0.2, -0.15) is 0 Å². The molecular weight excluding hydrogens is 276 g/mol. The van der Waals surface area contributed by atoms with Gasteiger partial charge in [0.1, 0.15) is 0 Å². The van der Waals surface area contributed by atoms with Crippen LogP contribution in [-0.2, 0) is 9.59 Å². The van der Waals surface area contributed by atoms with E-state index in [1.165, 1.54) is 0 Å². The lowest BCUT2D eigenvalue weighted by Gasteiger charge is -2.30. The van der Waals surface area contributed by atoms with Crippen LogP contribution >= 0.6 is 0 Å². The fourth-order valence-electron chi connectivity index (χ4n) is 3.08. The predicted octanol–water partition coefficient (Wildman–Crippen LogP) is 1.91. The minimum absolute atomic E-state index is 0.0792. The molecule has 0 bridgehead atoms. The van der Waals surface area contributed by atoms with Gasteiger partial charge in [0.05, 0.1) is 11.8 Å². The topological polar surface area (TPSA) is 40.6 Å². The third kappa shape index (κ3) is 2.45. The van der Waals surface area contributed by atoms with Crippen LogP contribution in [0, 0.1) is 0 Å². The van der Waals surface area contributed by atoms with E-state index in [2.05, 4.69) is 0 Å². The first-order chi connectivity index (χ1) is 10.6. The number of rotatable bonds is 2. The molecule has 2 amide bonds. The minimum atomic E-state index is -0.302. The second kappa shape index (κ2) is 5.79. The summed E-state index contributed by atoms with van der Waals surface area (Å²) in [5.74, 6) is -0.446. The van der Waals surface area contributed by atoms with Crippen molar-refractivity contribution in [2.75, 3.05) is 27.2 Å². The van der Waals surface area contributed by atoms with Crippen molar-refractivity contribution in [1.29, 1.82) is 0 Å². The second-order valence-corrected chi connectivity index (χ2v) is 5.88. The number of carbonyl (C=O) groups excluding carboxylic acids is 2. The third-order valence-electron chi connectivity index (χ3n) is 4.37. The van der Waals surface area contributed by atoms with Crippen molar-refractivity contribution in [3.05, 3.63) is 59.7 Å². The van der Waals surface area contributed by atoms with Crippen molar-refractivity contribution >= 4 is 11.8 Å². The first-order valence-corrected chi connectivity index (χ1v) is 7.51. The summed E-state index contributed by atoms with van der Waals surface area (Å²) >= 11 is 0. The summed E-state index contributed by atoms with van der Waals surface area (Å²) in [4.78, 5) is 28.4. The Kier molecular flexibility index (Phi) is 3.84. The van der Waals surface area contributed by atoms with E-state index in [1.807, 2.05) is 48.6 Å². The average Bonchev–Trinajstić information content (AvgIpc) is 2.53. The molecule has 114 valence electrons. The number of hydrogen-bond acceptors (Lipinski definition) is 2. The van der Waals surface area contributed by atoms with Gasteiger partial charge in [-0.1, -0.05) is 48.6 Å². The second-order valence-electron chi connectivity index (χ2n) is 5.88. The predicted molar refractivity (Wildman–Crippen MR) is 85.5 cm³/mol. The monoisotopic (exact) mass is 296 g/mol. The molecule has 2 heterocycles. The zero-order valence-corrected chi connectivity index (χ0v) is 12.9. The Bertz CT molecular complexity index is 606. The van der Waals surface area contributed by atoms with Gasteiger partial charge in [-0.25, -0.2) is 0 Å². The highest BCUT2D eigenvalue weighted by Crippen LogP contribution is 2.32. The highest BCUT2D eigenvalue weighted by Gasteiger charge is 2.31. The number of nitrogens with zero attached hydrogens (tertiary/aromatic N) is 2. The summed E-state index contributed by atoms with van der Waals surface area (Å²) in [5, 5.41) is 0. The maximum absolute atomic E-state index is 12.5. The Morgan fingerprint density at radius 1 is 0.818 bits per heavy atom. The summed E-state index contributed by atoms with van der Waals surface area (Å²) in [6, 6.07) is 7.76. The van der Waals surface area contributed by atoms with Gasteiger partial charge in [0.2, 0.25) is 11.8 Å². The number of carbonyl (C=O) groups is 2. The Morgan fingerprint density at radius 3 is 1.64 bits per heavy atom. The Balaban J connectivity index is 2.04. The molecule has 0 fully saturated rings. The first kappa shape index (κ1) is 14.6. The zero-order chi connectivity index (χ0) is 15.7. The smallest absolute Gasteiger partial charge is 0.233 e. The summed E-state index contributed by atoms with van der Waals surface area (Å²) in [6.45, 7) is 1.28. The van der Waals surface area contributed by atoms with Crippen molar-refractivity contribution < 1.29 is 9.59 Å². The summed E-state index contributed by atoms with van der Waals surface area (Å²) < 4.78 is 0. The number of benzene rings is 1.